The molecule has 3 aromatic heterocycles. The van der Waals surface area contributed by atoms with E-state index in [2.05, 4.69) is 9.82 Å². The number of fused-ring (bicyclic) bond motifs is 1. The summed E-state index contributed by atoms with van der Waals surface area (Å²) in [6.45, 7) is 0.589. The van der Waals surface area contributed by atoms with Crippen molar-refractivity contribution < 1.29 is 12.8 Å². The second kappa shape index (κ2) is 6.80. The van der Waals surface area contributed by atoms with E-state index in [9.17, 15) is 13.2 Å². The number of rotatable bonds is 6. The predicted octanol–water partition coefficient (Wildman–Crippen LogP) is 2.04. The minimum atomic E-state index is -3.71. The van der Waals surface area contributed by atoms with E-state index in [0.29, 0.717) is 17.6 Å². The Bertz CT molecular complexity index is 1250. The van der Waals surface area contributed by atoms with Crippen LogP contribution in [0.3, 0.4) is 0 Å². The third-order valence-corrected chi connectivity index (χ3v) is 6.31. The summed E-state index contributed by atoms with van der Waals surface area (Å²) < 4.78 is 35.6. The van der Waals surface area contributed by atoms with Crippen LogP contribution in [-0.4, -0.2) is 29.3 Å². The first-order chi connectivity index (χ1) is 12.9. The van der Waals surface area contributed by atoms with Crippen LogP contribution in [0.1, 0.15) is 0 Å². The number of aromatic nitrogens is 3. The van der Waals surface area contributed by atoms with Gasteiger partial charge >= 0.3 is 5.76 Å². The summed E-state index contributed by atoms with van der Waals surface area (Å²) in [5, 5.41) is 8.43. The Hall–Kier alpha value is -2.69. The number of nitrogens with one attached hydrogen (secondary N) is 1. The van der Waals surface area contributed by atoms with E-state index in [4.69, 9.17) is 4.42 Å². The average molecular weight is 404 g/mol. The van der Waals surface area contributed by atoms with Crippen LogP contribution in [0.15, 0.2) is 61.4 Å². The number of hydrogen-bond acceptors (Lipinski definition) is 6. The lowest BCUT2D eigenvalue weighted by atomic mass is 10.2. The zero-order chi connectivity index (χ0) is 19.0. The van der Waals surface area contributed by atoms with E-state index in [-0.39, 0.29) is 11.4 Å². The predicted molar refractivity (Wildman–Crippen MR) is 102 cm³/mol. The average Bonchev–Trinajstić information content (AvgIpc) is 3.36. The second-order valence-corrected chi connectivity index (χ2v) is 8.48. The molecule has 0 amide bonds. The summed E-state index contributed by atoms with van der Waals surface area (Å²) in [5.74, 6) is -0.535. The largest absolute Gasteiger partial charge is 0.419 e. The van der Waals surface area contributed by atoms with Gasteiger partial charge in [0.15, 0.2) is 5.58 Å². The van der Waals surface area contributed by atoms with Crippen LogP contribution in [0.5, 0.6) is 0 Å². The smallest absolute Gasteiger partial charge is 0.408 e. The van der Waals surface area contributed by atoms with Crippen molar-refractivity contribution in [3.8, 4) is 11.3 Å². The van der Waals surface area contributed by atoms with E-state index in [0.717, 1.165) is 11.3 Å². The quantitative estimate of drug-likeness (QED) is 0.530. The van der Waals surface area contributed by atoms with Crippen molar-refractivity contribution in [3.63, 3.8) is 0 Å². The normalized spacial score (nSPS) is 12.0. The van der Waals surface area contributed by atoms with Crippen molar-refractivity contribution >= 4 is 32.5 Å². The third-order valence-electron chi connectivity index (χ3n) is 4.16. The summed E-state index contributed by atoms with van der Waals surface area (Å²) in [5.41, 5.74) is 2.66. The van der Waals surface area contributed by atoms with Gasteiger partial charge in [-0.3, -0.25) is 9.25 Å². The van der Waals surface area contributed by atoms with Crippen LogP contribution < -0.4 is 10.5 Å². The first-order valence-corrected chi connectivity index (χ1v) is 10.5. The molecule has 0 aliphatic carbocycles. The molecular formula is C17H16N4O4S2. The molecule has 0 unspecified atom stereocenters. The molecular weight excluding hydrogens is 388 g/mol. The molecule has 0 aliphatic rings. The molecule has 0 fully saturated rings. The highest BCUT2D eigenvalue weighted by Gasteiger charge is 2.16. The van der Waals surface area contributed by atoms with Crippen molar-refractivity contribution in [1.82, 2.24) is 19.1 Å². The first kappa shape index (κ1) is 17.7. The molecule has 4 aromatic rings. The second-order valence-electron chi connectivity index (χ2n) is 5.93. The molecule has 0 spiro atoms. The number of nitrogens with zero attached hydrogens (tertiary/aromatic N) is 3. The van der Waals surface area contributed by atoms with Gasteiger partial charge in [-0.1, -0.05) is 0 Å². The molecule has 0 saturated heterocycles. The highest BCUT2D eigenvalue weighted by atomic mass is 32.2. The van der Waals surface area contributed by atoms with Crippen LogP contribution in [0.2, 0.25) is 0 Å². The van der Waals surface area contributed by atoms with Gasteiger partial charge < -0.3 is 4.42 Å². The van der Waals surface area contributed by atoms with Crippen LogP contribution in [0.25, 0.3) is 22.4 Å². The number of thiophene rings is 1. The monoisotopic (exact) mass is 404 g/mol. The Morgan fingerprint density at radius 2 is 2.11 bits per heavy atom. The number of aryl methyl sites for hydroxylation is 1. The molecule has 1 aromatic carbocycles. The van der Waals surface area contributed by atoms with Gasteiger partial charge in [0.05, 0.1) is 22.7 Å². The Morgan fingerprint density at radius 1 is 1.26 bits per heavy atom. The van der Waals surface area contributed by atoms with Crippen molar-refractivity contribution in [3.05, 3.63) is 57.8 Å². The molecule has 0 aliphatic heterocycles. The molecule has 3 heterocycles. The SMILES string of the molecule is Cn1c(=O)oc2ccc(S(=O)(=O)NCCn3ccc(-c4ccsc4)n3)cc21. The molecule has 27 heavy (non-hydrogen) atoms. The Labute approximate surface area is 158 Å². The van der Waals surface area contributed by atoms with E-state index >= 15 is 0 Å². The lowest BCUT2D eigenvalue weighted by molar-refractivity contribution is 0.528. The first-order valence-electron chi connectivity index (χ1n) is 8.09. The van der Waals surface area contributed by atoms with Gasteiger partial charge in [-0.25, -0.2) is 17.9 Å². The summed E-state index contributed by atoms with van der Waals surface area (Å²) in [6, 6.07) is 8.19. The topological polar surface area (TPSA) is 99.1 Å². The van der Waals surface area contributed by atoms with Gasteiger partial charge in [0.2, 0.25) is 10.0 Å². The molecule has 10 heteroatoms. The molecule has 140 valence electrons. The van der Waals surface area contributed by atoms with Crippen LogP contribution in [0, 0.1) is 0 Å². The summed E-state index contributed by atoms with van der Waals surface area (Å²) in [7, 11) is -2.18. The van der Waals surface area contributed by atoms with Crippen molar-refractivity contribution in [2.45, 2.75) is 11.4 Å². The molecule has 8 nitrogen and oxygen atoms in total. The lowest BCUT2D eigenvalue weighted by Gasteiger charge is -2.07. The van der Waals surface area contributed by atoms with Gasteiger partial charge in [0.25, 0.3) is 0 Å². The standard InChI is InChI=1S/C17H16N4O4S2/c1-20-15-10-13(2-3-16(15)25-17(20)22)27(23,24)18-6-8-21-7-4-14(19-21)12-5-9-26-11-12/h2-5,7,9-11,18H,6,8H2,1H3. The van der Waals surface area contributed by atoms with Gasteiger partial charge in [0.1, 0.15) is 0 Å². The zero-order valence-electron chi connectivity index (χ0n) is 14.3. The number of oxazole rings is 1. The van der Waals surface area contributed by atoms with Crippen molar-refractivity contribution in [1.29, 1.82) is 0 Å². The summed E-state index contributed by atoms with van der Waals surface area (Å²) in [6.07, 6.45) is 1.81. The molecule has 0 atom stereocenters. The molecule has 1 N–H and O–H groups in total. The maximum absolute atomic E-state index is 12.5. The Kier molecular flexibility index (Phi) is 4.46. The Balaban J connectivity index is 1.46. The number of hydrogen-bond donors (Lipinski definition) is 1. The van der Waals surface area contributed by atoms with Gasteiger partial charge in [0, 0.05) is 30.7 Å². The Morgan fingerprint density at radius 3 is 2.89 bits per heavy atom. The van der Waals surface area contributed by atoms with E-state index in [1.54, 1.807) is 16.0 Å². The van der Waals surface area contributed by atoms with Gasteiger partial charge in [-0.2, -0.15) is 16.4 Å². The van der Waals surface area contributed by atoms with Crippen LogP contribution in [0.4, 0.5) is 0 Å². The summed E-state index contributed by atoms with van der Waals surface area (Å²) >= 11 is 1.60. The molecule has 0 radical (unpaired) electrons. The third kappa shape index (κ3) is 3.46. The fourth-order valence-electron chi connectivity index (χ4n) is 2.70. The van der Waals surface area contributed by atoms with E-state index in [1.165, 1.54) is 29.8 Å². The van der Waals surface area contributed by atoms with Crippen LogP contribution >= 0.6 is 11.3 Å². The van der Waals surface area contributed by atoms with Crippen molar-refractivity contribution in [2.24, 2.45) is 7.05 Å². The number of benzene rings is 1. The molecule has 0 bridgehead atoms. The van der Waals surface area contributed by atoms with Gasteiger partial charge in [-0.05, 0) is 35.7 Å². The van der Waals surface area contributed by atoms with Crippen LogP contribution in [-0.2, 0) is 23.6 Å². The summed E-state index contributed by atoms with van der Waals surface area (Å²) in [4.78, 5) is 11.6. The fourth-order valence-corrected chi connectivity index (χ4v) is 4.39. The molecule has 4 rings (SSSR count). The number of sulfonamides is 1. The van der Waals surface area contributed by atoms with Crippen molar-refractivity contribution in [2.75, 3.05) is 6.54 Å². The minimum Gasteiger partial charge on any atom is -0.408 e. The fraction of sp³-hybridized carbons (Fsp3) is 0.176. The maximum atomic E-state index is 12.5. The van der Waals surface area contributed by atoms with E-state index < -0.39 is 15.8 Å². The molecule has 0 saturated carbocycles. The van der Waals surface area contributed by atoms with Gasteiger partial charge in [-0.15, -0.1) is 0 Å². The highest BCUT2D eigenvalue weighted by Crippen LogP contribution is 2.20. The zero-order valence-corrected chi connectivity index (χ0v) is 16.0. The van der Waals surface area contributed by atoms with E-state index in [1.807, 2.05) is 29.1 Å². The highest BCUT2D eigenvalue weighted by molar-refractivity contribution is 7.89. The lowest BCUT2D eigenvalue weighted by Crippen LogP contribution is -2.27. The maximum Gasteiger partial charge on any atom is 0.419 e. The minimum absolute atomic E-state index is 0.0748.